The van der Waals surface area contributed by atoms with Gasteiger partial charge in [0, 0.05) is 29.0 Å². The average molecular weight is 351 g/mol. The van der Waals surface area contributed by atoms with Crippen LogP contribution in [-0.2, 0) is 16.6 Å². The van der Waals surface area contributed by atoms with Gasteiger partial charge in [0.1, 0.15) is 11.3 Å². The van der Waals surface area contributed by atoms with Crippen LogP contribution in [0, 0.1) is 6.92 Å². The maximum absolute atomic E-state index is 12.4. The second-order valence-corrected chi connectivity index (χ2v) is 7.33. The van der Waals surface area contributed by atoms with Crippen molar-refractivity contribution in [2.75, 3.05) is 13.7 Å². The Bertz CT molecular complexity index is 924. The molecule has 4 nitrogen and oxygen atoms in total. The first-order chi connectivity index (χ1) is 12.4. The Labute approximate surface area is 154 Å². The molecule has 4 heteroatoms. The Morgan fingerprint density at radius 3 is 2.73 bits per heavy atom. The lowest BCUT2D eigenvalue weighted by Crippen LogP contribution is -2.37. The zero-order valence-corrected chi connectivity index (χ0v) is 15.8. The number of ether oxygens (including phenoxy) is 1. The number of amides is 1. The molecule has 0 radical (unpaired) electrons. The molecule has 0 aliphatic rings. The lowest BCUT2D eigenvalue weighted by molar-refractivity contribution is -0.120. The first-order valence-corrected chi connectivity index (χ1v) is 8.77. The Morgan fingerprint density at radius 1 is 1.19 bits per heavy atom. The van der Waals surface area contributed by atoms with Crippen LogP contribution in [0.25, 0.3) is 11.0 Å². The number of carbonyl (C=O) groups is 1. The van der Waals surface area contributed by atoms with Crippen molar-refractivity contribution in [2.24, 2.45) is 0 Å². The molecule has 0 bridgehead atoms. The minimum Gasteiger partial charge on any atom is -0.497 e. The Kier molecular flexibility index (Phi) is 5.03. The van der Waals surface area contributed by atoms with Crippen LogP contribution in [-0.4, -0.2) is 19.6 Å². The van der Waals surface area contributed by atoms with Crippen molar-refractivity contribution in [3.63, 3.8) is 0 Å². The largest absolute Gasteiger partial charge is 0.497 e. The number of hydrogen-bond acceptors (Lipinski definition) is 3. The highest BCUT2D eigenvalue weighted by Crippen LogP contribution is 2.26. The van der Waals surface area contributed by atoms with E-state index in [2.05, 4.69) is 50.4 Å². The standard InChI is InChI=1S/C22H25NO3/c1-15-6-5-7-17(10-15)22(2,3)14-23-21(24)11-16-13-26-20-12-18(25-4)8-9-19(16)20/h5-10,12-13H,11,14H2,1-4H3,(H,23,24). The summed E-state index contributed by atoms with van der Waals surface area (Å²) in [5, 5.41) is 4.00. The summed E-state index contributed by atoms with van der Waals surface area (Å²) < 4.78 is 10.8. The van der Waals surface area contributed by atoms with Crippen LogP contribution in [0.4, 0.5) is 0 Å². The fraction of sp³-hybridized carbons (Fsp3) is 0.318. The van der Waals surface area contributed by atoms with E-state index in [0.717, 1.165) is 22.3 Å². The number of benzene rings is 2. The topological polar surface area (TPSA) is 51.5 Å². The molecule has 0 fully saturated rings. The van der Waals surface area contributed by atoms with E-state index in [4.69, 9.17) is 9.15 Å². The van der Waals surface area contributed by atoms with Crippen LogP contribution in [0.3, 0.4) is 0 Å². The van der Waals surface area contributed by atoms with Crippen LogP contribution in [0.15, 0.2) is 53.1 Å². The predicted octanol–water partition coefficient (Wildman–Crippen LogP) is 4.39. The van der Waals surface area contributed by atoms with Gasteiger partial charge in [-0.1, -0.05) is 43.7 Å². The van der Waals surface area contributed by atoms with Crippen molar-refractivity contribution in [2.45, 2.75) is 32.6 Å². The molecule has 0 spiro atoms. The third-order valence-corrected chi connectivity index (χ3v) is 4.74. The summed E-state index contributed by atoms with van der Waals surface area (Å²) in [6, 6.07) is 14.0. The highest BCUT2D eigenvalue weighted by molar-refractivity contribution is 5.88. The molecule has 2 aromatic carbocycles. The molecule has 1 heterocycles. The van der Waals surface area contributed by atoms with Gasteiger partial charge in [0.25, 0.3) is 0 Å². The number of methoxy groups -OCH3 is 1. The fourth-order valence-electron chi connectivity index (χ4n) is 3.05. The Hall–Kier alpha value is -2.75. The average Bonchev–Trinajstić information content (AvgIpc) is 3.02. The number of fused-ring (bicyclic) bond motifs is 1. The molecule has 1 N–H and O–H groups in total. The molecule has 0 saturated carbocycles. The van der Waals surface area contributed by atoms with Crippen molar-refractivity contribution in [3.8, 4) is 5.75 Å². The number of carbonyl (C=O) groups excluding carboxylic acids is 1. The van der Waals surface area contributed by atoms with Gasteiger partial charge in [0.15, 0.2) is 0 Å². The second kappa shape index (κ2) is 7.24. The number of aryl methyl sites for hydroxylation is 1. The molecule has 0 saturated heterocycles. The Morgan fingerprint density at radius 2 is 2.00 bits per heavy atom. The van der Waals surface area contributed by atoms with Crippen LogP contribution in [0.5, 0.6) is 5.75 Å². The van der Waals surface area contributed by atoms with Gasteiger partial charge in [-0.25, -0.2) is 0 Å². The third-order valence-electron chi connectivity index (χ3n) is 4.74. The zero-order chi connectivity index (χ0) is 18.7. The summed E-state index contributed by atoms with van der Waals surface area (Å²) in [7, 11) is 1.62. The van der Waals surface area contributed by atoms with E-state index in [1.165, 1.54) is 11.1 Å². The van der Waals surface area contributed by atoms with Crippen molar-refractivity contribution < 1.29 is 13.9 Å². The van der Waals surface area contributed by atoms with E-state index >= 15 is 0 Å². The van der Waals surface area contributed by atoms with Gasteiger partial charge < -0.3 is 14.5 Å². The quantitative estimate of drug-likeness (QED) is 0.717. The smallest absolute Gasteiger partial charge is 0.224 e. The van der Waals surface area contributed by atoms with Crippen molar-refractivity contribution >= 4 is 16.9 Å². The second-order valence-electron chi connectivity index (χ2n) is 7.33. The third kappa shape index (κ3) is 3.90. The van der Waals surface area contributed by atoms with E-state index in [0.29, 0.717) is 13.0 Å². The summed E-state index contributed by atoms with van der Waals surface area (Å²) in [6.07, 6.45) is 1.94. The Balaban J connectivity index is 1.66. The van der Waals surface area contributed by atoms with Crippen LogP contribution in [0.2, 0.25) is 0 Å². The minimum absolute atomic E-state index is 0.00996. The highest BCUT2D eigenvalue weighted by atomic mass is 16.5. The van der Waals surface area contributed by atoms with Crippen LogP contribution >= 0.6 is 0 Å². The molecule has 0 atom stereocenters. The van der Waals surface area contributed by atoms with E-state index in [-0.39, 0.29) is 11.3 Å². The molecule has 136 valence electrons. The maximum Gasteiger partial charge on any atom is 0.224 e. The molecule has 0 aliphatic heterocycles. The van der Waals surface area contributed by atoms with Crippen LogP contribution < -0.4 is 10.1 Å². The number of furan rings is 1. The lowest BCUT2D eigenvalue weighted by atomic mass is 9.84. The van der Waals surface area contributed by atoms with Gasteiger partial charge in [0.2, 0.25) is 5.91 Å². The SMILES string of the molecule is COc1ccc2c(CC(=O)NCC(C)(C)c3cccc(C)c3)coc2c1. The molecule has 3 aromatic rings. The van der Waals surface area contributed by atoms with Gasteiger partial charge in [0.05, 0.1) is 19.8 Å². The maximum atomic E-state index is 12.4. The first kappa shape index (κ1) is 18.1. The van der Waals surface area contributed by atoms with E-state index in [1.807, 2.05) is 18.2 Å². The molecular weight excluding hydrogens is 326 g/mol. The molecule has 0 unspecified atom stereocenters. The van der Waals surface area contributed by atoms with Crippen molar-refractivity contribution in [1.82, 2.24) is 5.32 Å². The predicted molar refractivity (Wildman–Crippen MR) is 104 cm³/mol. The van der Waals surface area contributed by atoms with Crippen molar-refractivity contribution in [3.05, 3.63) is 65.4 Å². The van der Waals surface area contributed by atoms with Crippen molar-refractivity contribution in [1.29, 1.82) is 0 Å². The lowest BCUT2D eigenvalue weighted by Gasteiger charge is -2.26. The van der Waals surface area contributed by atoms with Gasteiger partial charge >= 0.3 is 0 Å². The molecule has 3 rings (SSSR count). The summed E-state index contributed by atoms with van der Waals surface area (Å²) in [4.78, 5) is 12.4. The summed E-state index contributed by atoms with van der Waals surface area (Å²) in [6.45, 7) is 6.94. The normalized spacial score (nSPS) is 11.5. The number of rotatable bonds is 6. The molecule has 1 aromatic heterocycles. The molecule has 26 heavy (non-hydrogen) atoms. The van der Waals surface area contributed by atoms with Gasteiger partial charge in [-0.05, 0) is 24.6 Å². The van der Waals surface area contributed by atoms with Gasteiger partial charge in [-0.2, -0.15) is 0 Å². The molecule has 0 aliphatic carbocycles. The summed E-state index contributed by atoms with van der Waals surface area (Å²) in [5.41, 5.74) is 3.93. The fourth-order valence-corrected chi connectivity index (χ4v) is 3.05. The van der Waals surface area contributed by atoms with E-state index in [1.54, 1.807) is 13.4 Å². The summed E-state index contributed by atoms with van der Waals surface area (Å²) in [5.74, 6) is 0.729. The molecule has 1 amide bonds. The first-order valence-electron chi connectivity index (χ1n) is 8.77. The number of nitrogens with one attached hydrogen (secondary N) is 1. The minimum atomic E-state index is -0.131. The zero-order valence-electron chi connectivity index (χ0n) is 15.8. The van der Waals surface area contributed by atoms with Gasteiger partial charge in [-0.3, -0.25) is 4.79 Å². The number of hydrogen-bond donors (Lipinski definition) is 1. The van der Waals surface area contributed by atoms with E-state index < -0.39 is 0 Å². The highest BCUT2D eigenvalue weighted by Gasteiger charge is 2.22. The van der Waals surface area contributed by atoms with Crippen LogP contribution in [0.1, 0.15) is 30.5 Å². The molecular formula is C22H25NO3. The van der Waals surface area contributed by atoms with Gasteiger partial charge in [-0.15, -0.1) is 0 Å². The monoisotopic (exact) mass is 351 g/mol. The summed E-state index contributed by atoms with van der Waals surface area (Å²) >= 11 is 0. The van der Waals surface area contributed by atoms with E-state index in [9.17, 15) is 4.79 Å².